The lowest BCUT2D eigenvalue weighted by Gasteiger charge is -2.12. The number of aliphatic imine (C=N–C) groups is 1. The predicted molar refractivity (Wildman–Crippen MR) is 219 cm³/mol. The molecule has 0 amide bonds. The van der Waals surface area contributed by atoms with Crippen LogP contribution in [0.3, 0.4) is 0 Å². The molecule has 264 valence electrons. The van der Waals surface area contributed by atoms with E-state index in [4.69, 9.17) is 18.0 Å². The van der Waals surface area contributed by atoms with Crippen LogP contribution < -0.4 is 25.8 Å². The molecule has 10 nitrogen and oxygen atoms in total. The summed E-state index contributed by atoms with van der Waals surface area (Å²) in [6, 6.07) is 49.0. The average Bonchev–Trinajstić information content (AvgIpc) is 3.14. The van der Waals surface area contributed by atoms with Crippen molar-refractivity contribution in [1.82, 2.24) is 0 Å². The standard InChI is InChI=1S/C19H17N3O2S2.C12H12N2O2S.C7H5NS/c23-26(24,22-17-9-5-2-6-10-17)18-13-11-16(12-14-18)21-19(25)20-15-7-3-1-4-8-15;13-10-6-8-12(9-7-10)17(15,16)14-11-4-2-1-3-5-11;9-6-8-7-4-2-1-3-5-7/h1-14,22H,(H2,20,21,25);1-9,14H,13H2;1-5H. The quantitative estimate of drug-likeness (QED) is 0.0552. The smallest absolute Gasteiger partial charge is 0.261 e. The van der Waals surface area contributed by atoms with Crippen molar-refractivity contribution in [2.45, 2.75) is 9.79 Å². The molecule has 6 N–H and O–H groups in total. The molecular formula is C38H34N6O4S4. The largest absolute Gasteiger partial charge is 0.399 e. The van der Waals surface area contributed by atoms with Gasteiger partial charge in [-0.15, -0.1) is 0 Å². The summed E-state index contributed by atoms with van der Waals surface area (Å²) in [5, 5.41) is 8.80. The molecule has 0 heterocycles. The number of anilines is 5. The predicted octanol–water partition coefficient (Wildman–Crippen LogP) is 8.79. The monoisotopic (exact) mass is 766 g/mol. The summed E-state index contributed by atoms with van der Waals surface area (Å²) in [6.45, 7) is 0. The van der Waals surface area contributed by atoms with Crippen molar-refractivity contribution >= 4 is 88.9 Å². The Kier molecular flexibility index (Phi) is 14.6. The van der Waals surface area contributed by atoms with Gasteiger partial charge in [-0.05, 0) is 121 Å². The first-order valence-corrected chi connectivity index (χ1v) is 19.2. The highest BCUT2D eigenvalue weighted by Crippen LogP contribution is 2.19. The first-order chi connectivity index (χ1) is 25.0. The maximum Gasteiger partial charge on any atom is 0.261 e. The summed E-state index contributed by atoms with van der Waals surface area (Å²) in [7, 11) is -7.17. The van der Waals surface area contributed by atoms with Gasteiger partial charge in [0.05, 0.1) is 20.6 Å². The Morgan fingerprint density at radius 1 is 0.500 bits per heavy atom. The number of hydrogen-bond acceptors (Lipinski definition) is 8. The van der Waals surface area contributed by atoms with Crippen LogP contribution in [-0.4, -0.2) is 27.1 Å². The third-order valence-electron chi connectivity index (χ3n) is 6.63. The fourth-order valence-corrected chi connectivity index (χ4v) is 6.63. The number of sulfonamides is 2. The van der Waals surface area contributed by atoms with E-state index in [1.54, 1.807) is 72.8 Å². The van der Waals surface area contributed by atoms with Gasteiger partial charge in [-0.1, -0.05) is 72.8 Å². The number of thiocarbonyl (C=S) groups is 2. The van der Waals surface area contributed by atoms with E-state index in [1.165, 1.54) is 24.3 Å². The van der Waals surface area contributed by atoms with E-state index in [0.717, 1.165) is 11.4 Å². The lowest BCUT2D eigenvalue weighted by molar-refractivity contribution is 0.599. The molecule has 0 saturated heterocycles. The van der Waals surface area contributed by atoms with Crippen LogP contribution in [0.2, 0.25) is 0 Å². The summed E-state index contributed by atoms with van der Waals surface area (Å²) >= 11 is 9.68. The van der Waals surface area contributed by atoms with Gasteiger partial charge in [-0.2, -0.15) is 4.99 Å². The van der Waals surface area contributed by atoms with E-state index < -0.39 is 20.0 Å². The molecule has 6 rings (SSSR count). The van der Waals surface area contributed by atoms with E-state index in [9.17, 15) is 16.8 Å². The summed E-state index contributed by atoms with van der Waals surface area (Å²) in [6.07, 6.45) is 0. The van der Waals surface area contributed by atoms with Crippen molar-refractivity contribution < 1.29 is 16.8 Å². The topological polar surface area (TPSA) is 155 Å². The van der Waals surface area contributed by atoms with Crippen LogP contribution in [0.1, 0.15) is 0 Å². The van der Waals surface area contributed by atoms with Gasteiger partial charge in [0.2, 0.25) is 0 Å². The maximum atomic E-state index is 12.4. The molecule has 14 heteroatoms. The van der Waals surface area contributed by atoms with Gasteiger partial charge in [0.1, 0.15) is 0 Å². The summed E-state index contributed by atoms with van der Waals surface area (Å²) in [4.78, 5) is 4.14. The minimum Gasteiger partial charge on any atom is -0.399 e. The van der Waals surface area contributed by atoms with Gasteiger partial charge in [0.15, 0.2) is 5.11 Å². The molecule has 0 fully saturated rings. The molecule has 0 aliphatic rings. The molecule has 0 saturated carbocycles. The van der Waals surface area contributed by atoms with Crippen LogP contribution in [0, 0.1) is 0 Å². The third-order valence-corrected chi connectivity index (χ3v) is 9.72. The summed E-state index contributed by atoms with van der Waals surface area (Å²) in [5.74, 6) is 0. The molecule has 52 heavy (non-hydrogen) atoms. The Morgan fingerprint density at radius 3 is 1.25 bits per heavy atom. The highest BCUT2D eigenvalue weighted by Gasteiger charge is 2.14. The van der Waals surface area contributed by atoms with Crippen LogP contribution in [0.5, 0.6) is 0 Å². The van der Waals surface area contributed by atoms with Gasteiger partial charge < -0.3 is 16.4 Å². The van der Waals surface area contributed by atoms with Crippen molar-refractivity contribution in [3.63, 3.8) is 0 Å². The zero-order valence-electron chi connectivity index (χ0n) is 27.5. The van der Waals surface area contributed by atoms with Gasteiger partial charge >= 0.3 is 0 Å². The minimum absolute atomic E-state index is 0.175. The van der Waals surface area contributed by atoms with E-state index in [2.05, 4.69) is 42.4 Å². The maximum absolute atomic E-state index is 12.4. The molecular weight excluding hydrogens is 733 g/mol. The fraction of sp³-hybridized carbons (Fsp3) is 0. The molecule has 0 aromatic heterocycles. The highest BCUT2D eigenvalue weighted by molar-refractivity contribution is 7.93. The van der Waals surface area contributed by atoms with Crippen LogP contribution in [0.25, 0.3) is 0 Å². The second-order valence-corrected chi connectivity index (χ2v) is 14.5. The number of isothiocyanates is 1. The number of para-hydroxylation sites is 4. The fourth-order valence-electron chi connectivity index (χ4n) is 4.18. The normalized spacial score (nSPS) is 10.4. The Balaban J connectivity index is 0.000000198. The zero-order chi connectivity index (χ0) is 37.2. The van der Waals surface area contributed by atoms with Crippen LogP contribution in [-0.2, 0) is 20.0 Å². The first kappa shape index (κ1) is 38.9. The van der Waals surface area contributed by atoms with Crippen molar-refractivity contribution in [3.05, 3.63) is 170 Å². The highest BCUT2D eigenvalue weighted by atomic mass is 32.2. The number of rotatable bonds is 9. The SMILES string of the molecule is Nc1ccc(S(=O)(=O)Nc2ccccc2)cc1.O=S(=O)(Nc1ccccc1)c1ccc(NC(=S)Nc2ccccc2)cc1.S=C=Nc1ccccc1. The molecule has 6 aromatic carbocycles. The number of nitrogens with two attached hydrogens (primary N) is 1. The molecule has 0 aliphatic heterocycles. The number of nitrogen functional groups attached to an aromatic ring is 1. The summed E-state index contributed by atoms with van der Waals surface area (Å²) in [5.41, 5.74) is 9.50. The molecule has 0 unspecified atom stereocenters. The Labute approximate surface area is 314 Å². The lowest BCUT2D eigenvalue weighted by atomic mass is 10.3. The molecule has 0 bridgehead atoms. The van der Waals surface area contributed by atoms with Gasteiger partial charge in [0, 0.05) is 28.4 Å². The van der Waals surface area contributed by atoms with E-state index in [-0.39, 0.29) is 9.79 Å². The third kappa shape index (κ3) is 13.1. The van der Waals surface area contributed by atoms with Gasteiger partial charge in [0.25, 0.3) is 20.0 Å². The van der Waals surface area contributed by atoms with E-state index in [0.29, 0.717) is 27.9 Å². The van der Waals surface area contributed by atoms with Crippen LogP contribution >= 0.6 is 24.4 Å². The van der Waals surface area contributed by atoms with Gasteiger partial charge in [-0.3, -0.25) is 9.44 Å². The van der Waals surface area contributed by atoms with Crippen molar-refractivity contribution in [2.75, 3.05) is 25.8 Å². The van der Waals surface area contributed by atoms with E-state index >= 15 is 0 Å². The molecule has 0 spiro atoms. The molecule has 6 aromatic rings. The van der Waals surface area contributed by atoms with Crippen molar-refractivity contribution in [1.29, 1.82) is 0 Å². The van der Waals surface area contributed by atoms with Gasteiger partial charge in [-0.25, -0.2) is 16.8 Å². The lowest BCUT2D eigenvalue weighted by Crippen LogP contribution is -2.19. The minimum atomic E-state index is -3.63. The van der Waals surface area contributed by atoms with Crippen LogP contribution in [0.15, 0.2) is 185 Å². The second-order valence-electron chi connectivity index (χ2n) is 10.5. The number of nitrogens with one attached hydrogen (secondary N) is 4. The zero-order valence-corrected chi connectivity index (χ0v) is 30.7. The average molecular weight is 767 g/mol. The number of hydrogen-bond donors (Lipinski definition) is 5. The number of nitrogens with zero attached hydrogens (tertiary/aromatic N) is 1. The summed E-state index contributed by atoms with van der Waals surface area (Å²) < 4.78 is 53.8. The Hall–Kier alpha value is -5.89. The van der Waals surface area contributed by atoms with Crippen molar-refractivity contribution in [3.8, 4) is 0 Å². The first-order valence-electron chi connectivity index (χ1n) is 15.4. The van der Waals surface area contributed by atoms with Crippen LogP contribution in [0.4, 0.5) is 34.1 Å². The molecule has 0 aliphatic carbocycles. The Bertz CT molecular complexity index is 2280. The molecule has 0 radical (unpaired) electrons. The number of benzene rings is 6. The van der Waals surface area contributed by atoms with E-state index in [1.807, 2.05) is 72.8 Å². The molecule has 0 atom stereocenters. The van der Waals surface area contributed by atoms with Crippen molar-refractivity contribution in [2.24, 2.45) is 4.99 Å². The Morgan fingerprint density at radius 2 is 0.846 bits per heavy atom. The second kappa shape index (κ2) is 19.5.